The van der Waals surface area contributed by atoms with Crippen LogP contribution in [0.2, 0.25) is 0 Å². The summed E-state index contributed by atoms with van der Waals surface area (Å²) in [6, 6.07) is 14.8. The first kappa shape index (κ1) is 23.0. The highest BCUT2D eigenvalue weighted by Gasteiger charge is 2.15. The van der Waals surface area contributed by atoms with Gasteiger partial charge in [0.25, 0.3) is 11.9 Å². The van der Waals surface area contributed by atoms with Crippen molar-refractivity contribution in [3.63, 3.8) is 0 Å². The summed E-state index contributed by atoms with van der Waals surface area (Å²) in [6.45, 7) is 1.08. The van der Waals surface area contributed by atoms with E-state index in [1.54, 1.807) is 12.3 Å². The van der Waals surface area contributed by atoms with Gasteiger partial charge < -0.3 is 26.4 Å². The molecule has 0 unspecified atom stereocenters. The van der Waals surface area contributed by atoms with Gasteiger partial charge in [-0.1, -0.05) is 0 Å². The van der Waals surface area contributed by atoms with Crippen LogP contribution in [0.5, 0.6) is 0 Å². The Morgan fingerprint density at radius 2 is 1.73 bits per heavy atom. The molecule has 170 valence electrons. The van der Waals surface area contributed by atoms with E-state index >= 15 is 0 Å². The maximum atomic E-state index is 12.8. The van der Waals surface area contributed by atoms with Crippen molar-refractivity contribution >= 4 is 51.6 Å². The lowest BCUT2D eigenvalue weighted by Crippen LogP contribution is -2.13. The molecule has 6 N–H and O–H groups in total. The minimum Gasteiger partial charge on any atom is -0.481 e. The van der Waals surface area contributed by atoms with Gasteiger partial charge in [0.2, 0.25) is 5.95 Å². The number of benzene rings is 2. The van der Waals surface area contributed by atoms with Crippen molar-refractivity contribution in [3.8, 4) is 0 Å². The number of amides is 1. The molecule has 0 aliphatic heterocycles. The molecule has 0 spiro atoms. The molecule has 2 aromatic heterocycles. The normalized spacial score (nSPS) is 10.2. The standard InChI is InChI=1S/C20H20N8O.C2H4O2/c1-28(2)14-6-3-12(4-7-14)24-19(29)18-15-11-13(5-8-16(15)26-27-18)23-17-9-10-22-20(21)25-17;1-2(3)4/h3-11H,1-2H3,(H,24,29)(H,26,27)(H3,21,22,23,25);1H3,(H,3,4). The highest BCUT2D eigenvalue weighted by atomic mass is 16.4. The zero-order valence-corrected chi connectivity index (χ0v) is 18.3. The number of rotatable bonds is 5. The number of aliphatic carboxylic acids is 1. The Balaban J connectivity index is 0.000000709. The number of nitrogens with two attached hydrogens (primary N) is 1. The molecule has 4 aromatic rings. The van der Waals surface area contributed by atoms with Gasteiger partial charge in [0.05, 0.1) is 5.52 Å². The first-order valence-corrected chi connectivity index (χ1v) is 9.85. The largest absolute Gasteiger partial charge is 0.481 e. The number of carbonyl (C=O) groups excluding carboxylic acids is 1. The monoisotopic (exact) mass is 448 g/mol. The predicted octanol–water partition coefficient (Wildman–Crippen LogP) is 3.09. The number of nitrogen functional groups attached to an aromatic ring is 1. The van der Waals surface area contributed by atoms with E-state index in [2.05, 4.69) is 30.8 Å². The number of hydrogen-bond donors (Lipinski definition) is 5. The van der Waals surface area contributed by atoms with Crippen LogP contribution in [0.4, 0.5) is 28.8 Å². The molecule has 0 bridgehead atoms. The minimum absolute atomic E-state index is 0.180. The summed E-state index contributed by atoms with van der Waals surface area (Å²) in [5.41, 5.74) is 9.18. The molecule has 0 fully saturated rings. The maximum absolute atomic E-state index is 12.8. The van der Waals surface area contributed by atoms with Crippen LogP contribution in [-0.2, 0) is 4.79 Å². The average Bonchev–Trinajstić information content (AvgIpc) is 3.17. The van der Waals surface area contributed by atoms with Crippen molar-refractivity contribution in [2.75, 3.05) is 35.4 Å². The number of nitrogens with zero attached hydrogens (tertiary/aromatic N) is 4. The summed E-state index contributed by atoms with van der Waals surface area (Å²) in [5, 5.41) is 21.2. The molecule has 0 radical (unpaired) electrons. The molecule has 2 heterocycles. The van der Waals surface area contributed by atoms with Gasteiger partial charge >= 0.3 is 0 Å². The van der Waals surface area contributed by atoms with Crippen LogP contribution in [0.3, 0.4) is 0 Å². The van der Waals surface area contributed by atoms with Crippen molar-refractivity contribution in [1.29, 1.82) is 0 Å². The fraction of sp³-hybridized carbons (Fsp3) is 0.136. The maximum Gasteiger partial charge on any atom is 0.300 e. The van der Waals surface area contributed by atoms with Crippen LogP contribution in [-0.4, -0.2) is 51.2 Å². The Morgan fingerprint density at radius 3 is 2.36 bits per heavy atom. The number of carboxylic acids is 1. The Kier molecular flexibility index (Phi) is 7.03. The summed E-state index contributed by atoms with van der Waals surface area (Å²) in [6.07, 6.45) is 1.57. The average molecular weight is 448 g/mol. The molecular weight excluding hydrogens is 424 g/mol. The quantitative estimate of drug-likeness (QED) is 0.309. The third-order valence-corrected chi connectivity index (χ3v) is 4.37. The van der Waals surface area contributed by atoms with Gasteiger partial charge in [0.15, 0.2) is 5.69 Å². The summed E-state index contributed by atoms with van der Waals surface area (Å²) >= 11 is 0. The lowest BCUT2D eigenvalue weighted by molar-refractivity contribution is -0.134. The molecule has 2 aromatic carbocycles. The van der Waals surface area contributed by atoms with Crippen molar-refractivity contribution in [2.24, 2.45) is 0 Å². The summed E-state index contributed by atoms with van der Waals surface area (Å²) in [4.78, 5) is 31.7. The lowest BCUT2D eigenvalue weighted by atomic mass is 10.1. The van der Waals surface area contributed by atoms with Crippen molar-refractivity contribution in [1.82, 2.24) is 20.2 Å². The highest BCUT2D eigenvalue weighted by molar-refractivity contribution is 6.11. The van der Waals surface area contributed by atoms with E-state index in [0.29, 0.717) is 22.6 Å². The van der Waals surface area contributed by atoms with Crippen molar-refractivity contribution in [2.45, 2.75) is 6.92 Å². The van der Waals surface area contributed by atoms with E-state index in [1.165, 1.54) is 0 Å². The predicted molar refractivity (Wildman–Crippen MR) is 128 cm³/mol. The number of carbonyl (C=O) groups is 2. The molecule has 0 aliphatic rings. The van der Waals surface area contributed by atoms with E-state index in [4.69, 9.17) is 15.6 Å². The molecule has 11 heteroatoms. The van der Waals surface area contributed by atoms with Crippen LogP contribution in [0.1, 0.15) is 17.4 Å². The number of hydrogen-bond acceptors (Lipinski definition) is 8. The van der Waals surface area contributed by atoms with Gasteiger partial charge in [0, 0.05) is 49.7 Å². The van der Waals surface area contributed by atoms with Crippen LogP contribution in [0.25, 0.3) is 10.9 Å². The number of anilines is 5. The first-order chi connectivity index (χ1) is 15.7. The topological polar surface area (TPSA) is 162 Å². The molecule has 0 saturated heterocycles. The Hall–Kier alpha value is -4.67. The number of aromatic nitrogens is 4. The van der Waals surface area contributed by atoms with Gasteiger partial charge in [-0.2, -0.15) is 10.1 Å². The van der Waals surface area contributed by atoms with E-state index in [-0.39, 0.29) is 11.9 Å². The zero-order chi connectivity index (χ0) is 24.0. The number of aromatic amines is 1. The molecule has 1 amide bonds. The molecular formula is C22H24N8O3. The number of nitrogens with one attached hydrogen (secondary N) is 3. The second-order valence-corrected chi connectivity index (χ2v) is 7.17. The Labute approximate surface area is 189 Å². The van der Waals surface area contributed by atoms with Crippen LogP contribution >= 0.6 is 0 Å². The lowest BCUT2D eigenvalue weighted by Gasteiger charge is -2.12. The second-order valence-electron chi connectivity index (χ2n) is 7.17. The second kappa shape index (κ2) is 10.1. The third kappa shape index (κ3) is 6.17. The fourth-order valence-electron chi connectivity index (χ4n) is 2.89. The summed E-state index contributed by atoms with van der Waals surface area (Å²) in [7, 11) is 3.93. The molecule has 33 heavy (non-hydrogen) atoms. The molecule has 0 atom stereocenters. The first-order valence-electron chi connectivity index (χ1n) is 9.85. The SMILES string of the molecule is CC(=O)O.CN(C)c1ccc(NC(=O)c2n[nH]c3ccc(Nc4ccnc(N)n4)cc23)cc1. The van der Waals surface area contributed by atoms with E-state index in [1.807, 2.05) is 61.5 Å². The van der Waals surface area contributed by atoms with Gasteiger partial charge in [-0.25, -0.2) is 4.98 Å². The van der Waals surface area contributed by atoms with E-state index < -0.39 is 5.97 Å². The van der Waals surface area contributed by atoms with Gasteiger partial charge in [-0.3, -0.25) is 14.7 Å². The third-order valence-electron chi connectivity index (χ3n) is 4.37. The molecule has 4 rings (SSSR count). The van der Waals surface area contributed by atoms with E-state index in [9.17, 15) is 4.79 Å². The molecule has 0 aliphatic carbocycles. The number of fused-ring (bicyclic) bond motifs is 1. The van der Waals surface area contributed by atoms with Gasteiger partial charge in [-0.15, -0.1) is 0 Å². The van der Waals surface area contributed by atoms with E-state index in [0.717, 1.165) is 23.8 Å². The number of H-pyrrole nitrogens is 1. The Morgan fingerprint density at radius 1 is 1.06 bits per heavy atom. The summed E-state index contributed by atoms with van der Waals surface area (Å²) in [5.74, 6) is -0.385. The zero-order valence-electron chi connectivity index (χ0n) is 18.3. The van der Waals surface area contributed by atoms with Crippen LogP contribution in [0, 0.1) is 0 Å². The smallest absolute Gasteiger partial charge is 0.300 e. The Bertz CT molecular complexity index is 1260. The van der Waals surface area contributed by atoms with Crippen LogP contribution < -0.4 is 21.3 Å². The fourth-order valence-corrected chi connectivity index (χ4v) is 2.89. The molecule has 0 saturated carbocycles. The van der Waals surface area contributed by atoms with Gasteiger partial charge in [-0.05, 0) is 48.5 Å². The van der Waals surface area contributed by atoms with Gasteiger partial charge in [0.1, 0.15) is 5.82 Å². The van der Waals surface area contributed by atoms with Crippen molar-refractivity contribution < 1.29 is 14.7 Å². The van der Waals surface area contributed by atoms with Crippen LogP contribution in [0.15, 0.2) is 54.7 Å². The van der Waals surface area contributed by atoms with Crippen molar-refractivity contribution in [3.05, 3.63) is 60.4 Å². The number of carboxylic acid groups (broad SMARTS) is 1. The summed E-state index contributed by atoms with van der Waals surface area (Å²) < 4.78 is 0. The highest BCUT2D eigenvalue weighted by Crippen LogP contribution is 2.24. The minimum atomic E-state index is -0.833. The molecule has 11 nitrogen and oxygen atoms in total.